The number of amides is 1. The summed E-state index contributed by atoms with van der Waals surface area (Å²) in [7, 11) is 0. The lowest BCUT2D eigenvalue weighted by molar-refractivity contribution is -0.113. The van der Waals surface area contributed by atoms with Gasteiger partial charge in [0.05, 0.1) is 12.0 Å². The summed E-state index contributed by atoms with van der Waals surface area (Å²) < 4.78 is 16.3. The molecule has 1 amide bonds. The van der Waals surface area contributed by atoms with Gasteiger partial charge < -0.3 is 19.2 Å². The van der Waals surface area contributed by atoms with Crippen molar-refractivity contribution in [2.75, 3.05) is 17.9 Å². The number of aliphatic imine (C=N–C) groups is 2. The van der Waals surface area contributed by atoms with Crippen LogP contribution in [0.4, 0.5) is 5.69 Å². The Hall–Kier alpha value is -2.74. The first-order valence-electron chi connectivity index (χ1n) is 10.3. The molecule has 1 aliphatic carbocycles. The molecule has 0 radical (unpaired) electrons. The Labute approximate surface area is 178 Å². The van der Waals surface area contributed by atoms with Gasteiger partial charge in [0, 0.05) is 11.8 Å². The highest BCUT2D eigenvalue weighted by atomic mass is 32.2. The smallest absolute Gasteiger partial charge is 0.234 e. The van der Waals surface area contributed by atoms with Crippen LogP contribution in [0.2, 0.25) is 0 Å². The normalized spacial score (nSPS) is 19.3. The fourth-order valence-electron chi connectivity index (χ4n) is 4.02. The van der Waals surface area contributed by atoms with Crippen LogP contribution in [-0.4, -0.2) is 34.9 Å². The number of nitrogens with zero attached hydrogens (tertiary/aromatic N) is 2. The number of carbonyl (C=O) groups is 1. The minimum atomic E-state index is -0.394. The summed E-state index contributed by atoms with van der Waals surface area (Å²) in [6.45, 7) is 0.207. The molecule has 1 fully saturated rings. The molecular weight excluding hydrogens is 402 g/mol. The molecule has 0 saturated heterocycles. The van der Waals surface area contributed by atoms with Gasteiger partial charge in [-0.15, -0.1) is 0 Å². The van der Waals surface area contributed by atoms with Crippen molar-refractivity contribution in [3.05, 3.63) is 42.4 Å². The average molecular weight is 426 g/mol. The topological polar surface area (TPSA) is 85.4 Å². The summed E-state index contributed by atoms with van der Waals surface area (Å²) in [6.07, 6.45) is 8.24. The molecule has 1 N–H and O–H groups in total. The summed E-state index contributed by atoms with van der Waals surface area (Å²) in [5.74, 6) is 2.17. The number of thioether (sulfide) groups is 1. The number of hydrogen-bond acceptors (Lipinski definition) is 7. The lowest BCUT2D eigenvalue weighted by atomic mass is 10.0. The van der Waals surface area contributed by atoms with Gasteiger partial charge in [-0.1, -0.05) is 24.6 Å². The van der Waals surface area contributed by atoms with Crippen molar-refractivity contribution in [1.29, 1.82) is 0 Å². The van der Waals surface area contributed by atoms with Crippen molar-refractivity contribution in [1.82, 2.24) is 0 Å². The fraction of sp³-hybridized carbons (Fsp3) is 0.409. The maximum absolute atomic E-state index is 12.6. The lowest BCUT2D eigenvalue weighted by Crippen LogP contribution is -2.20. The lowest BCUT2D eigenvalue weighted by Gasteiger charge is -2.20. The number of furan rings is 1. The van der Waals surface area contributed by atoms with E-state index < -0.39 is 5.66 Å². The van der Waals surface area contributed by atoms with E-state index in [0.29, 0.717) is 22.9 Å². The minimum absolute atomic E-state index is 0.109. The quantitative estimate of drug-likeness (QED) is 0.772. The van der Waals surface area contributed by atoms with E-state index >= 15 is 0 Å². The first-order valence-corrected chi connectivity index (χ1v) is 11.3. The number of ether oxygens (including phenoxy) is 2. The molecule has 5 rings (SSSR count). The SMILES string of the molecule is O=C(CSC1=NC2(CCCCCC2)N=C1c1ccco1)Nc1ccc2c(c1)OCO2. The zero-order chi connectivity index (χ0) is 20.4. The molecule has 3 aliphatic rings. The molecular formula is C22H23N3O4S. The van der Waals surface area contributed by atoms with E-state index in [1.807, 2.05) is 12.1 Å². The Bertz CT molecular complexity index is 992. The van der Waals surface area contributed by atoms with Crippen molar-refractivity contribution in [3.8, 4) is 11.5 Å². The second kappa shape index (κ2) is 8.18. The summed E-state index contributed by atoms with van der Waals surface area (Å²) >= 11 is 1.41. The Balaban J connectivity index is 1.29. The molecule has 1 aromatic carbocycles. The molecule has 30 heavy (non-hydrogen) atoms. The highest BCUT2D eigenvalue weighted by molar-refractivity contribution is 8.16. The van der Waals surface area contributed by atoms with Crippen molar-refractivity contribution in [3.63, 3.8) is 0 Å². The fourth-order valence-corrected chi connectivity index (χ4v) is 4.88. The third kappa shape index (κ3) is 3.96. The van der Waals surface area contributed by atoms with Gasteiger partial charge in [-0.05, 0) is 49.9 Å². The number of anilines is 1. The number of carbonyl (C=O) groups excluding carboxylic acids is 1. The van der Waals surface area contributed by atoms with Crippen LogP contribution in [0.3, 0.4) is 0 Å². The van der Waals surface area contributed by atoms with Gasteiger partial charge in [0.15, 0.2) is 22.9 Å². The minimum Gasteiger partial charge on any atom is -0.463 e. The van der Waals surface area contributed by atoms with Crippen molar-refractivity contribution < 1.29 is 18.7 Å². The zero-order valence-corrected chi connectivity index (χ0v) is 17.4. The molecule has 2 aliphatic heterocycles. The first-order chi connectivity index (χ1) is 14.7. The van der Waals surface area contributed by atoms with Crippen LogP contribution in [0.25, 0.3) is 0 Å². The summed E-state index contributed by atoms with van der Waals surface area (Å²) in [5, 5.41) is 3.70. The molecule has 1 spiro atoms. The molecule has 7 nitrogen and oxygen atoms in total. The van der Waals surface area contributed by atoms with Crippen LogP contribution < -0.4 is 14.8 Å². The van der Waals surface area contributed by atoms with E-state index in [2.05, 4.69) is 5.32 Å². The van der Waals surface area contributed by atoms with Crippen molar-refractivity contribution in [2.24, 2.45) is 9.98 Å². The number of benzene rings is 1. The largest absolute Gasteiger partial charge is 0.463 e. The van der Waals surface area contributed by atoms with Gasteiger partial charge >= 0.3 is 0 Å². The monoisotopic (exact) mass is 425 g/mol. The van der Waals surface area contributed by atoms with Gasteiger partial charge in [0.25, 0.3) is 0 Å². The zero-order valence-electron chi connectivity index (χ0n) is 16.6. The van der Waals surface area contributed by atoms with Crippen LogP contribution in [0, 0.1) is 0 Å². The average Bonchev–Trinajstić information content (AvgIpc) is 3.45. The van der Waals surface area contributed by atoms with Crippen LogP contribution >= 0.6 is 11.8 Å². The standard InChI is InChI=1S/C22H23N3O4S/c26-19(23-15-7-8-16-18(12-15)29-14-28-16)13-30-21-20(17-6-5-11-27-17)24-22(25-21)9-3-1-2-4-10-22/h5-8,11-12H,1-4,9-10,13-14H2,(H,23,26). The Morgan fingerprint density at radius 2 is 1.90 bits per heavy atom. The van der Waals surface area contributed by atoms with E-state index in [4.69, 9.17) is 23.9 Å². The summed E-state index contributed by atoms with van der Waals surface area (Å²) in [4.78, 5) is 22.6. The third-order valence-corrected chi connectivity index (χ3v) is 6.45. The second-order valence-electron chi connectivity index (χ2n) is 7.66. The predicted octanol–water partition coefficient (Wildman–Crippen LogP) is 4.63. The molecule has 2 aromatic rings. The predicted molar refractivity (Wildman–Crippen MR) is 117 cm³/mol. The van der Waals surface area contributed by atoms with Gasteiger partial charge in [0.2, 0.25) is 12.7 Å². The molecule has 156 valence electrons. The summed E-state index contributed by atoms with van der Waals surface area (Å²) in [6, 6.07) is 9.12. The molecule has 8 heteroatoms. The van der Waals surface area contributed by atoms with Gasteiger partial charge in [-0.3, -0.25) is 4.79 Å². The number of hydrogen-bond donors (Lipinski definition) is 1. The maximum Gasteiger partial charge on any atom is 0.234 e. The number of fused-ring (bicyclic) bond motifs is 1. The van der Waals surface area contributed by atoms with E-state index in [1.54, 1.807) is 24.5 Å². The molecule has 1 saturated carbocycles. The van der Waals surface area contributed by atoms with E-state index in [9.17, 15) is 4.79 Å². The molecule has 3 heterocycles. The van der Waals surface area contributed by atoms with Gasteiger partial charge in [0.1, 0.15) is 10.8 Å². The number of rotatable bonds is 4. The van der Waals surface area contributed by atoms with Gasteiger partial charge in [-0.2, -0.15) is 0 Å². The Morgan fingerprint density at radius 1 is 1.07 bits per heavy atom. The van der Waals surface area contributed by atoms with Crippen LogP contribution in [-0.2, 0) is 4.79 Å². The van der Waals surface area contributed by atoms with Crippen molar-refractivity contribution >= 4 is 34.1 Å². The summed E-state index contributed by atoms with van der Waals surface area (Å²) in [5.41, 5.74) is 1.05. The van der Waals surface area contributed by atoms with E-state index in [1.165, 1.54) is 24.6 Å². The van der Waals surface area contributed by atoms with Crippen molar-refractivity contribution in [2.45, 2.75) is 44.2 Å². The Morgan fingerprint density at radius 3 is 2.70 bits per heavy atom. The highest BCUT2D eigenvalue weighted by Crippen LogP contribution is 2.38. The first kappa shape index (κ1) is 19.2. The Kier molecular flexibility index (Phi) is 5.25. The molecule has 0 unspecified atom stereocenters. The maximum atomic E-state index is 12.6. The molecule has 0 bridgehead atoms. The van der Waals surface area contributed by atoms with E-state index in [0.717, 1.165) is 36.4 Å². The van der Waals surface area contributed by atoms with Crippen LogP contribution in [0.15, 0.2) is 51.0 Å². The van der Waals surface area contributed by atoms with Crippen LogP contribution in [0.5, 0.6) is 11.5 Å². The van der Waals surface area contributed by atoms with Crippen LogP contribution in [0.1, 0.15) is 44.3 Å². The molecule has 1 aromatic heterocycles. The number of nitrogens with one attached hydrogen (secondary N) is 1. The second-order valence-corrected chi connectivity index (χ2v) is 8.62. The third-order valence-electron chi connectivity index (χ3n) is 5.49. The molecule has 0 atom stereocenters. The van der Waals surface area contributed by atoms with E-state index in [-0.39, 0.29) is 18.5 Å². The van der Waals surface area contributed by atoms with Gasteiger partial charge in [-0.25, -0.2) is 9.98 Å². The highest BCUT2D eigenvalue weighted by Gasteiger charge is 2.37.